The van der Waals surface area contributed by atoms with Gasteiger partial charge in [-0.3, -0.25) is 9.59 Å². The number of piperidine rings is 1. The first-order valence-electron chi connectivity index (χ1n) is 7.45. The highest BCUT2D eigenvalue weighted by Gasteiger charge is 2.27. The molecule has 0 radical (unpaired) electrons. The number of urea groups is 1. The number of aliphatic carboxylic acids is 1. The van der Waals surface area contributed by atoms with E-state index in [4.69, 9.17) is 5.11 Å². The number of hydrogen-bond donors (Lipinski definition) is 3. The lowest BCUT2D eigenvalue weighted by Crippen LogP contribution is -2.47. The molecular formula is C14H25N3O4. The van der Waals surface area contributed by atoms with Gasteiger partial charge < -0.3 is 20.6 Å². The Morgan fingerprint density at radius 2 is 1.90 bits per heavy atom. The number of amides is 3. The summed E-state index contributed by atoms with van der Waals surface area (Å²) in [6.45, 7) is 5.50. The maximum atomic E-state index is 11.9. The molecule has 7 heteroatoms. The van der Waals surface area contributed by atoms with Crippen molar-refractivity contribution in [1.29, 1.82) is 0 Å². The van der Waals surface area contributed by atoms with Gasteiger partial charge in [0.15, 0.2) is 0 Å². The molecule has 1 unspecified atom stereocenters. The third-order valence-corrected chi connectivity index (χ3v) is 3.51. The Balaban J connectivity index is 2.19. The van der Waals surface area contributed by atoms with E-state index in [9.17, 15) is 14.4 Å². The van der Waals surface area contributed by atoms with Gasteiger partial charge in [-0.15, -0.1) is 0 Å². The molecule has 1 saturated heterocycles. The van der Waals surface area contributed by atoms with Gasteiger partial charge in [0.1, 0.15) is 0 Å². The third-order valence-electron chi connectivity index (χ3n) is 3.51. The number of carboxylic acids is 1. The maximum absolute atomic E-state index is 11.9. The molecule has 1 aliphatic heterocycles. The molecule has 7 nitrogen and oxygen atoms in total. The van der Waals surface area contributed by atoms with Gasteiger partial charge in [0.2, 0.25) is 5.91 Å². The van der Waals surface area contributed by atoms with Gasteiger partial charge in [0.25, 0.3) is 0 Å². The minimum atomic E-state index is -0.844. The number of rotatable bonds is 6. The van der Waals surface area contributed by atoms with Crippen molar-refractivity contribution in [3.8, 4) is 0 Å². The van der Waals surface area contributed by atoms with Crippen molar-refractivity contribution in [3.05, 3.63) is 0 Å². The molecule has 0 aromatic heterocycles. The number of nitrogens with one attached hydrogen (secondary N) is 2. The Hall–Kier alpha value is -1.79. The van der Waals surface area contributed by atoms with Crippen LogP contribution < -0.4 is 10.6 Å². The van der Waals surface area contributed by atoms with Crippen LogP contribution in [0.25, 0.3) is 0 Å². The van der Waals surface area contributed by atoms with Crippen LogP contribution >= 0.6 is 0 Å². The average Bonchev–Trinajstić information content (AvgIpc) is 2.46. The van der Waals surface area contributed by atoms with Crippen molar-refractivity contribution in [2.24, 2.45) is 11.8 Å². The van der Waals surface area contributed by atoms with Gasteiger partial charge in [-0.1, -0.05) is 13.8 Å². The summed E-state index contributed by atoms with van der Waals surface area (Å²) in [6.07, 6.45) is 2.00. The number of nitrogens with zero attached hydrogens (tertiary/aromatic N) is 1. The monoisotopic (exact) mass is 299 g/mol. The van der Waals surface area contributed by atoms with E-state index in [0.717, 1.165) is 6.42 Å². The van der Waals surface area contributed by atoms with Gasteiger partial charge in [-0.05, 0) is 19.3 Å². The quantitative estimate of drug-likeness (QED) is 0.627. The molecule has 0 aromatic carbocycles. The predicted octanol–water partition coefficient (Wildman–Crippen LogP) is 0.655. The standard InChI is InChI=1S/C14H25N3O4/c1-10(2)12(18)15-6-4-7-16-14(21)17-8-3-5-11(9-17)13(19)20/h10-11H,3-9H2,1-2H3,(H,15,18)(H,16,21)(H,19,20). The Morgan fingerprint density at radius 1 is 1.24 bits per heavy atom. The van der Waals surface area contributed by atoms with Crippen molar-refractivity contribution in [3.63, 3.8) is 0 Å². The second-order valence-corrected chi connectivity index (χ2v) is 5.65. The van der Waals surface area contributed by atoms with Crippen molar-refractivity contribution in [2.75, 3.05) is 26.2 Å². The lowest BCUT2D eigenvalue weighted by atomic mass is 9.99. The molecule has 21 heavy (non-hydrogen) atoms. The molecule has 1 heterocycles. The molecule has 1 rings (SSSR count). The highest BCUT2D eigenvalue weighted by molar-refractivity contribution is 5.78. The van der Waals surface area contributed by atoms with Crippen molar-refractivity contribution in [2.45, 2.75) is 33.1 Å². The van der Waals surface area contributed by atoms with Crippen LogP contribution in [0.3, 0.4) is 0 Å². The molecule has 1 aliphatic rings. The predicted molar refractivity (Wildman–Crippen MR) is 77.8 cm³/mol. The summed E-state index contributed by atoms with van der Waals surface area (Å²) in [5.74, 6) is -1.35. The summed E-state index contributed by atoms with van der Waals surface area (Å²) in [6, 6.07) is -0.226. The first kappa shape index (κ1) is 17.3. The van der Waals surface area contributed by atoms with E-state index in [0.29, 0.717) is 32.5 Å². The first-order chi connectivity index (χ1) is 9.91. The average molecular weight is 299 g/mol. The number of carboxylic acid groups (broad SMARTS) is 1. The number of carbonyl (C=O) groups is 3. The Bertz CT molecular complexity index is 384. The largest absolute Gasteiger partial charge is 0.481 e. The van der Waals surface area contributed by atoms with Crippen molar-refractivity contribution >= 4 is 17.9 Å². The fraction of sp³-hybridized carbons (Fsp3) is 0.786. The molecular weight excluding hydrogens is 274 g/mol. The number of carbonyl (C=O) groups excluding carboxylic acids is 2. The molecule has 120 valence electrons. The van der Waals surface area contributed by atoms with E-state index in [1.807, 2.05) is 13.8 Å². The molecule has 0 spiro atoms. The van der Waals surface area contributed by atoms with Gasteiger partial charge in [-0.2, -0.15) is 0 Å². The minimum absolute atomic E-state index is 0.00153. The summed E-state index contributed by atoms with van der Waals surface area (Å²) < 4.78 is 0. The number of hydrogen-bond acceptors (Lipinski definition) is 3. The van der Waals surface area contributed by atoms with Crippen molar-refractivity contribution < 1.29 is 19.5 Å². The summed E-state index contributed by atoms with van der Waals surface area (Å²) in [5, 5.41) is 14.5. The Morgan fingerprint density at radius 3 is 2.52 bits per heavy atom. The van der Waals surface area contributed by atoms with E-state index in [1.165, 1.54) is 0 Å². The summed E-state index contributed by atoms with van der Waals surface area (Å²) in [7, 11) is 0. The molecule has 1 atom stereocenters. The van der Waals surface area contributed by atoms with Crippen LogP contribution in [-0.2, 0) is 9.59 Å². The van der Waals surface area contributed by atoms with Crippen molar-refractivity contribution in [1.82, 2.24) is 15.5 Å². The van der Waals surface area contributed by atoms with Gasteiger partial charge in [0, 0.05) is 32.1 Å². The van der Waals surface area contributed by atoms with Crippen LogP contribution in [-0.4, -0.2) is 54.1 Å². The van der Waals surface area contributed by atoms with Gasteiger partial charge >= 0.3 is 12.0 Å². The zero-order valence-corrected chi connectivity index (χ0v) is 12.7. The van der Waals surface area contributed by atoms with E-state index < -0.39 is 11.9 Å². The lowest BCUT2D eigenvalue weighted by molar-refractivity contribution is -0.143. The molecule has 0 aromatic rings. The zero-order chi connectivity index (χ0) is 15.8. The second-order valence-electron chi connectivity index (χ2n) is 5.65. The van der Waals surface area contributed by atoms with Gasteiger partial charge in [0.05, 0.1) is 5.92 Å². The number of likely N-dealkylation sites (tertiary alicyclic amines) is 1. The molecule has 3 amide bonds. The molecule has 1 fully saturated rings. The molecule has 3 N–H and O–H groups in total. The Labute approximate surface area is 125 Å². The summed E-state index contributed by atoms with van der Waals surface area (Å²) in [4.78, 5) is 35.7. The third kappa shape index (κ3) is 6.01. The van der Waals surface area contributed by atoms with Crippen LogP contribution in [0.4, 0.5) is 4.79 Å². The molecule has 0 aliphatic carbocycles. The van der Waals surface area contributed by atoms with E-state index in [-0.39, 0.29) is 24.4 Å². The minimum Gasteiger partial charge on any atom is -0.481 e. The van der Waals surface area contributed by atoms with E-state index >= 15 is 0 Å². The summed E-state index contributed by atoms with van der Waals surface area (Å²) in [5.41, 5.74) is 0. The maximum Gasteiger partial charge on any atom is 0.317 e. The highest BCUT2D eigenvalue weighted by Crippen LogP contribution is 2.16. The molecule has 0 saturated carbocycles. The highest BCUT2D eigenvalue weighted by atomic mass is 16.4. The Kier molecular flexibility index (Phi) is 6.98. The fourth-order valence-electron chi connectivity index (χ4n) is 2.17. The van der Waals surface area contributed by atoms with Crippen LogP contribution in [0.15, 0.2) is 0 Å². The van der Waals surface area contributed by atoms with Crippen LogP contribution in [0.2, 0.25) is 0 Å². The smallest absolute Gasteiger partial charge is 0.317 e. The van der Waals surface area contributed by atoms with Gasteiger partial charge in [-0.25, -0.2) is 4.79 Å². The first-order valence-corrected chi connectivity index (χ1v) is 7.45. The zero-order valence-electron chi connectivity index (χ0n) is 12.7. The van der Waals surface area contributed by atoms with Crippen LogP contribution in [0.1, 0.15) is 33.1 Å². The fourth-order valence-corrected chi connectivity index (χ4v) is 2.17. The normalized spacial score (nSPS) is 18.4. The molecule has 0 bridgehead atoms. The topological polar surface area (TPSA) is 98.7 Å². The van der Waals surface area contributed by atoms with E-state index in [1.54, 1.807) is 4.90 Å². The summed E-state index contributed by atoms with van der Waals surface area (Å²) >= 11 is 0. The van der Waals surface area contributed by atoms with Crippen LogP contribution in [0.5, 0.6) is 0 Å². The van der Waals surface area contributed by atoms with E-state index in [2.05, 4.69) is 10.6 Å². The second kappa shape index (κ2) is 8.49. The lowest BCUT2D eigenvalue weighted by Gasteiger charge is -2.30. The van der Waals surface area contributed by atoms with Crippen LogP contribution in [0, 0.1) is 11.8 Å². The SMILES string of the molecule is CC(C)C(=O)NCCCNC(=O)N1CCCC(C(=O)O)C1.